The van der Waals surface area contributed by atoms with Crippen molar-refractivity contribution in [3.8, 4) is 0 Å². The maximum absolute atomic E-state index is 10.9. The lowest BCUT2D eigenvalue weighted by atomic mass is 10.3. The molecule has 0 fully saturated rings. The lowest BCUT2D eigenvalue weighted by molar-refractivity contribution is -0.388. The van der Waals surface area contributed by atoms with E-state index in [-0.39, 0.29) is 11.9 Å². The van der Waals surface area contributed by atoms with Crippen LogP contribution in [0.4, 0.5) is 11.6 Å². The van der Waals surface area contributed by atoms with Crippen LogP contribution in [-0.2, 0) is 7.05 Å². The molecule has 0 aliphatic rings. The van der Waals surface area contributed by atoms with Crippen molar-refractivity contribution in [2.75, 3.05) is 5.32 Å². The molecule has 7 heteroatoms. The molecule has 2 aromatic heterocycles. The molecule has 0 saturated carbocycles. The van der Waals surface area contributed by atoms with E-state index in [1.54, 1.807) is 29.9 Å². The standard InChI is InChI=1S/C11H14N4O2S/c1-7(9-5-4-6-18-9)12-10-11(15(16)17)13-8(2)14(10)3/h4-7,12H,1-3H3. The number of nitrogens with zero attached hydrogens (tertiary/aromatic N) is 3. The zero-order chi connectivity index (χ0) is 13.3. The Bertz CT molecular complexity index is 562. The molecule has 1 atom stereocenters. The normalized spacial score (nSPS) is 12.4. The Morgan fingerprint density at radius 1 is 1.61 bits per heavy atom. The minimum absolute atomic E-state index is 0.0125. The summed E-state index contributed by atoms with van der Waals surface area (Å²) in [4.78, 5) is 15.6. The Hall–Kier alpha value is -1.89. The largest absolute Gasteiger partial charge is 0.406 e. The maximum Gasteiger partial charge on any atom is 0.406 e. The van der Waals surface area contributed by atoms with Crippen LogP contribution in [0.15, 0.2) is 17.5 Å². The molecule has 0 aliphatic carbocycles. The van der Waals surface area contributed by atoms with Crippen LogP contribution in [0.1, 0.15) is 23.7 Å². The zero-order valence-corrected chi connectivity index (χ0v) is 11.2. The van der Waals surface area contributed by atoms with Crippen molar-refractivity contribution in [3.05, 3.63) is 38.3 Å². The van der Waals surface area contributed by atoms with Gasteiger partial charge in [-0.15, -0.1) is 11.3 Å². The third-order valence-corrected chi connectivity index (χ3v) is 3.85. The summed E-state index contributed by atoms with van der Waals surface area (Å²) >= 11 is 1.62. The summed E-state index contributed by atoms with van der Waals surface area (Å²) in [5.41, 5.74) is 0. The molecule has 0 amide bonds. The molecule has 0 radical (unpaired) electrons. The highest BCUT2D eigenvalue weighted by molar-refractivity contribution is 7.10. The molecule has 18 heavy (non-hydrogen) atoms. The molecule has 2 aromatic rings. The highest BCUT2D eigenvalue weighted by Crippen LogP contribution is 2.29. The number of nitro groups is 1. The smallest absolute Gasteiger partial charge is 0.358 e. The van der Waals surface area contributed by atoms with Crippen LogP contribution < -0.4 is 5.32 Å². The van der Waals surface area contributed by atoms with Gasteiger partial charge in [-0.3, -0.25) is 4.57 Å². The predicted molar refractivity (Wildman–Crippen MR) is 71.0 cm³/mol. The van der Waals surface area contributed by atoms with Crippen LogP contribution in [0, 0.1) is 17.0 Å². The fraction of sp³-hybridized carbons (Fsp3) is 0.364. The Balaban J connectivity index is 2.31. The number of aryl methyl sites for hydroxylation is 1. The van der Waals surface area contributed by atoms with E-state index >= 15 is 0 Å². The van der Waals surface area contributed by atoms with Gasteiger partial charge in [-0.2, -0.15) is 0 Å². The van der Waals surface area contributed by atoms with Crippen LogP contribution in [0.5, 0.6) is 0 Å². The van der Waals surface area contributed by atoms with Gasteiger partial charge in [-0.25, -0.2) is 0 Å². The summed E-state index contributed by atoms with van der Waals surface area (Å²) in [5.74, 6) is 0.930. The Labute approximate surface area is 108 Å². The number of hydrogen-bond donors (Lipinski definition) is 1. The second-order valence-electron chi connectivity index (χ2n) is 4.03. The molecule has 1 N–H and O–H groups in total. The first-order valence-electron chi connectivity index (χ1n) is 5.48. The van der Waals surface area contributed by atoms with E-state index in [9.17, 15) is 10.1 Å². The average Bonchev–Trinajstić information content (AvgIpc) is 2.92. The molecule has 96 valence electrons. The number of hydrogen-bond acceptors (Lipinski definition) is 5. The quantitative estimate of drug-likeness (QED) is 0.682. The predicted octanol–water partition coefficient (Wildman–Crippen LogP) is 2.87. The molecule has 0 saturated heterocycles. The van der Waals surface area contributed by atoms with E-state index in [2.05, 4.69) is 10.3 Å². The van der Waals surface area contributed by atoms with E-state index in [4.69, 9.17) is 0 Å². The zero-order valence-electron chi connectivity index (χ0n) is 10.4. The van der Waals surface area contributed by atoms with Crippen molar-refractivity contribution < 1.29 is 4.92 Å². The first kappa shape index (κ1) is 12.6. The van der Waals surface area contributed by atoms with Crippen molar-refractivity contribution in [1.29, 1.82) is 0 Å². The monoisotopic (exact) mass is 266 g/mol. The molecular formula is C11H14N4O2S. The summed E-state index contributed by atoms with van der Waals surface area (Å²) in [5, 5.41) is 16.1. The second kappa shape index (κ2) is 4.77. The number of aromatic nitrogens is 2. The molecule has 0 aromatic carbocycles. The number of anilines is 1. The van der Waals surface area contributed by atoms with Gasteiger partial charge in [0.1, 0.15) is 0 Å². The molecule has 0 aliphatic heterocycles. The Kier molecular flexibility index (Phi) is 3.33. The molecular weight excluding hydrogens is 252 g/mol. The molecule has 6 nitrogen and oxygen atoms in total. The minimum Gasteiger partial charge on any atom is -0.358 e. The number of imidazole rings is 1. The van der Waals surface area contributed by atoms with Crippen LogP contribution in [0.25, 0.3) is 0 Å². The first-order chi connectivity index (χ1) is 8.50. The van der Waals surface area contributed by atoms with Gasteiger partial charge in [0.05, 0.1) is 6.04 Å². The highest BCUT2D eigenvalue weighted by atomic mass is 32.1. The van der Waals surface area contributed by atoms with Gasteiger partial charge in [0.15, 0.2) is 0 Å². The fourth-order valence-electron chi connectivity index (χ4n) is 1.70. The lowest BCUT2D eigenvalue weighted by Gasteiger charge is -2.13. The summed E-state index contributed by atoms with van der Waals surface area (Å²) < 4.78 is 1.70. The fourth-order valence-corrected chi connectivity index (χ4v) is 2.43. The van der Waals surface area contributed by atoms with Crippen molar-refractivity contribution in [2.45, 2.75) is 19.9 Å². The van der Waals surface area contributed by atoms with Crippen molar-refractivity contribution in [3.63, 3.8) is 0 Å². The van der Waals surface area contributed by atoms with E-state index in [1.807, 2.05) is 24.4 Å². The summed E-state index contributed by atoms with van der Waals surface area (Å²) in [6.45, 7) is 3.71. The second-order valence-corrected chi connectivity index (χ2v) is 5.01. The number of nitrogens with one attached hydrogen (secondary N) is 1. The first-order valence-corrected chi connectivity index (χ1v) is 6.36. The van der Waals surface area contributed by atoms with Gasteiger partial charge in [0, 0.05) is 18.8 Å². The van der Waals surface area contributed by atoms with Gasteiger partial charge in [-0.05, 0) is 28.3 Å². The van der Waals surface area contributed by atoms with E-state index in [1.165, 1.54) is 0 Å². The van der Waals surface area contributed by atoms with Gasteiger partial charge in [-0.1, -0.05) is 6.07 Å². The van der Waals surface area contributed by atoms with Gasteiger partial charge >= 0.3 is 5.82 Å². The molecule has 0 spiro atoms. The minimum atomic E-state index is -0.462. The molecule has 2 heterocycles. The van der Waals surface area contributed by atoms with Gasteiger partial charge < -0.3 is 15.4 Å². The Morgan fingerprint density at radius 2 is 2.33 bits per heavy atom. The van der Waals surface area contributed by atoms with Gasteiger partial charge in [0.2, 0.25) is 11.6 Å². The molecule has 2 rings (SSSR count). The van der Waals surface area contributed by atoms with Crippen LogP contribution in [0.3, 0.4) is 0 Å². The van der Waals surface area contributed by atoms with Gasteiger partial charge in [0.25, 0.3) is 0 Å². The van der Waals surface area contributed by atoms with E-state index in [0.717, 1.165) is 4.88 Å². The van der Waals surface area contributed by atoms with Crippen LogP contribution in [0.2, 0.25) is 0 Å². The van der Waals surface area contributed by atoms with Crippen LogP contribution in [-0.4, -0.2) is 14.5 Å². The average molecular weight is 266 g/mol. The van der Waals surface area contributed by atoms with E-state index in [0.29, 0.717) is 11.6 Å². The number of rotatable bonds is 4. The van der Waals surface area contributed by atoms with Crippen molar-refractivity contribution >= 4 is 23.0 Å². The molecule has 0 bridgehead atoms. The Morgan fingerprint density at radius 3 is 2.89 bits per heavy atom. The summed E-state index contributed by atoms with van der Waals surface area (Å²) in [6, 6.07) is 3.97. The van der Waals surface area contributed by atoms with Crippen molar-refractivity contribution in [1.82, 2.24) is 9.55 Å². The summed E-state index contributed by atoms with van der Waals surface area (Å²) in [6.07, 6.45) is 0. The third kappa shape index (κ3) is 2.21. The third-order valence-electron chi connectivity index (χ3n) is 2.80. The maximum atomic E-state index is 10.9. The summed E-state index contributed by atoms with van der Waals surface area (Å²) in [7, 11) is 1.76. The van der Waals surface area contributed by atoms with E-state index < -0.39 is 4.92 Å². The SMILES string of the molecule is Cc1nc([N+](=O)[O-])c(NC(C)c2cccs2)n1C. The van der Waals surface area contributed by atoms with Crippen molar-refractivity contribution in [2.24, 2.45) is 7.05 Å². The topological polar surface area (TPSA) is 73.0 Å². The lowest BCUT2D eigenvalue weighted by Crippen LogP contribution is -2.10. The van der Waals surface area contributed by atoms with Crippen LogP contribution >= 0.6 is 11.3 Å². The molecule has 1 unspecified atom stereocenters. The highest BCUT2D eigenvalue weighted by Gasteiger charge is 2.25. The number of thiophene rings is 1.